The number of hydrogen-bond acceptors (Lipinski definition) is 4. The predicted octanol–water partition coefficient (Wildman–Crippen LogP) is -0.959. The number of nitrogens with zero attached hydrogens (tertiary/aromatic N) is 1. The Labute approximate surface area is 83.8 Å². The van der Waals surface area contributed by atoms with Gasteiger partial charge >= 0.3 is 14.8 Å². The van der Waals surface area contributed by atoms with E-state index >= 15 is 0 Å². The van der Waals surface area contributed by atoms with Crippen LogP contribution in [0.25, 0.3) is 0 Å². The highest BCUT2D eigenvalue weighted by Crippen LogP contribution is 2.00. The van der Waals surface area contributed by atoms with Gasteiger partial charge in [-0.1, -0.05) is 22.0 Å². The second kappa shape index (κ2) is 7.63. The first-order valence-corrected chi connectivity index (χ1v) is 5.98. The summed E-state index contributed by atoms with van der Waals surface area (Å²) >= 11 is -0.0784. The average Bonchev–Trinajstić information content (AvgIpc) is 2.05. The number of halogens is 2. The van der Waals surface area contributed by atoms with Crippen LogP contribution in [0.1, 0.15) is 5.56 Å². The molecule has 4 nitrogen and oxygen atoms in total. The number of rotatable bonds is 1. The van der Waals surface area contributed by atoms with Crippen molar-refractivity contribution in [3.63, 3.8) is 0 Å². The van der Waals surface area contributed by atoms with Gasteiger partial charge in [0.2, 0.25) is 0 Å². The van der Waals surface area contributed by atoms with E-state index in [0.29, 0.717) is 0 Å². The maximum atomic E-state index is 8.63. The smallest absolute Gasteiger partial charge is 0.372 e. The molecule has 0 aliphatic heterocycles. The minimum absolute atomic E-state index is 0.890. The zero-order chi connectivity index (χ0) is 9.40. The predicted molar refractivity (Wildman–Crippen MR) is 39.1 cm³/mol. The lowest BCUT2D eigenvalue weighted by Gasteiger charge is -1.87. The zero-order valence-electron chi connectivity index (χ0n) is 5.98. The van der Waals surface area contributed by atoms with Crippen LogP contribution in [0.3, 0.4) is 0 Å². The lowest BCUT2D eigenvalue weighted by atomic mass is 10.3. The van der Waals surface area contributed by atoms with Crippen molar-refractivity contribution in [1.82, 2.24) is 4.98 Å². The van der Waals surface area contributed by atoms with E-state index in [1.165, 1.54) is 5.56 Å². The van der Waals surface area contributed by atoms with Gasteiger partial charge < -0.3 is 8.40 Å². The normalized spacial score (nSPS) is 9.08. The van der Waals surface area contributed by atoms with Gasteiger partial charge in [0.15, 0.2) is 0 Å². The summed E-state index contributed by atoms with van der Waals surface area (Å²) < 4.78 is 24.3. The molecule has 0 saturated heterocycles. The summed E-state index contributed by atoms with van der Waals surface area (Å²) in [6.45, 7) is 0. The molecule has 0 atom stereocenters. The van der Waals surface area contributed by atoms with E-state index in [1.807, 2.05) is 18.3 Å². The molecule has 0 unspecified atom stereocenters. The van der Waals surface area contributed by atoms with Crippen LogP contribution >= 0.6 is 15.9 Å². The van der Waals surface area contributed by atoms with E-state index in [9.17, 15) is 0 Å². The molecule has 0 aliphatic rings. The molecule has 1 rings (SSSR count). The molecule has 0 radical (unpaired) electrons. The van der Waals surface area contributed by atoms with Gasteiger partial charge in [-0.3, -0.25) is 4.98 Å². The van der Waals surface area contributed by atoms with Gasteiger partial charge in [0.05, 0.1) is 0 Å². The van der Waals surface area contributed by atoms with Crippen LogP contribution in [-0.4, -0.2) is 9.18 Å². The van der Waals surface area contributed by atoms with Crippen LogP contribution in [-0.2, 0) is 5.33 Å². The van der Waals surface area contributed by atoms with E-state index in [0.717, 1.165) is 5.33 Å². The third-order valence-corrected chi connectivity index (χ3v) is 1.52. The van der Waals surface area contributed by atoms with E-state index in [2.05, 4.69) is 20.9 Å². The highest BCUT2D eigenvalue weighted by atomic mass is 80.0. The van der Waals surface area contributed by atoms with Crippen molar-refractivity contribution in [3.05, 3.63) is 30.1 Å². The summed E-state index contributed by atoms with van der Waals surface area (Å²) in [5.74, 6) is 0. The van der Waals surface area contributed by atoms with Crippen LogP contribution in [0.2, 0.25) is 0 Å². The summed E-state index contributed by atoms with van der Waals surface area (Å²) in [5.41, 5.74) is 1.22. The van der Waals surface area contributed by atoms with Gasteiger partial charge in [-0.25, -0.2) is 0 Å². The Kier molecular flexibility index (Phi) is 7.62. The lowest BCUT2D eigenvalue weighted by Crippen LogP contribution is -2.30. The van der Waals surface area contributed by atoms with E-state index in [-0.39, 0.29) is 0 Å². The van der Waals surface area contributed by atoms with Gasteiger partial charge in [-0.15, -0.1) is 0 Å². The molecule has 0 aromatic carbocycles. The molecule has 0 spiro atoms. The van der Waals surface area contributed by atoms with Gasteiger partial charge in [0.1, 0.15) is 0 Å². The molecule has 1 aromatic rings. The monoisotopic (exact) mass is 299 g/mol. The minimum Gasteiger partial charge on any atom is -0.372 e. The summed E-state index contributed by atoms with van der Waals surface area (Å²) in [6.07, 6.45) is 3.61. The first-order chi connectivity index (χ1) is 5.66. The highest BCUT2D eigenvalue weighted by molar-refractivity contribution is 9.08. The fourth-order valence-corrected chi connectivity index (χ4v) is 0.809. The number of pyridine rings is 1. The van der Waals surface area contributed by atoms with Crippen molar-refractivity contribution in [2.75, 3.05) is 0 Å². The maximum absolute atomic E-state index is 8.63. The second-order valence-electron chi connectivity index (χ2n) is 1.70. The van der Waals surface area contributed by atoms with Crippen LogP contribution in [0, 0.1) is 14.8 Å². The average molecular weight is 301 g/mol. The van der Waals surface area contributed by atoms with E-state index in [4.69, 9.17) is 12.6 Å². The Morgan fingerprint density at radius 2 is 2.17 bits per heavy atom. The van der Waals surface area contributed by atoms with Crippen molar-refractivity contribution in [2.24, 2.45) is 0 Å². The molecule has 0 saturated carbocycles. The molecule has 0 amide bonds. The standard InChI is InChI=1S/C6H6BrN.BrHO3/c7-4-6-2-1-3-8-5-6;2-1(3)4/h1-3,5H,4H2;2H. The van der Waals surface area contributed by atoms with Crippen molar-refractivity contribution < 1.29 is 27.4 Å². The molecular formula is C6H7Br2NO3. The molecule has 68 valence electrons. The van der Waals surface area contributed by atoms with Crippen LogP contribution in [0.5, 0.6) is 0 Å². The first-order valence-electron chi connectivity index (χ1n) is 2.86. The third kappa shape index (κ3) is 8.09. The Morgan fingerprint density at radius 1 is 1.58 bits per heavy atom. The zero-order valence-corrected chi connectivity index (χ0v) is 9.16. The van der Waals surface area contributed by atoms with Crippen molar-refractivity contribution in [1.29, 1.82) is 0 Å². The van der Waals surface area contributed by atoms with Crippen LogP contribution in [0.15, 0.2) is 24.5 Å². The highest BCUT2D eigenvalue weighted by Gasteiger charge is 1.86. The molecular weight excluding hydrogens is 294 g/mol. The minimum atomic E-state index is -3.40. The summed E-state index contributed by atoms with van der Waals surface area (Å²) in [6, 6.07) is 3.96. The quantitative estimate of drug-likeness (QED) is 0.678. The largest absolute Gasteiger partial charge is 0.433 e. The van der Waals surface area contributed by atoms with Gasteiger partial charge in [-0.05, 0) is 15.8 Å². The van der Waals surface area contributed by atoms with Crippen LogP contribution < -0.4 is 8.40 Å². The van der Waals surface area contributed by atoms with Gasteiger partial charge in [0, 0.05) is 17.7 Å². The van der Waals surface area contributed by atoms with Crippen molar-refractivity contribution in [3.8, 4) is 0 Å². The van der Waals surface area contributed by atoms with Gasteiger partial charge in [0.25, 0.3) is 0 Å². The van der Waals surface area contributed by atoms with Gasteiger partial charge in [-0.2, -0.15) is 0 Å². The molecule has 12 heavy (non-hydrogen) atoms. The third-order valence-electron chi connectivity index (χ3n) is 0.877. The fourth-order valence-electron chi connectivity index (χ4n) is 0.477. The van der Waals surface area contributed by atoms with Crippen LogP contribution in [0.4, 0.5) is 0 Å². The molecule has 0 aliphatic carbocycles. The molecule has 0 bridgehead atoms. The Hall–Kier alpha value is -0.0100. The van der Waals surface area contributed by atoms with Crippen molar-refractivity contribution >= 4 is 15.9 Å². The maximum Gasteiger partial charge on any atom is 0.433 e. The Morgan fingerprint density at radius 3 is 2.42 bits per heavy atom. The summed E-state index contributed by atoms with van der Waals surface area (Å²) in [7, 11) is 0. The molecule has 1 heterocycles. The SMILES string of the molecule is BrCc1cccnc1.[O-][Br+2]([O-])O. The topological polar surface area (TPSA) is 79.2 Å². The molecule has 0 fully saturated rings. The van der Waals surface area contributed by atoms with E-state index < -0.39 is 14.8 Å². The Bertz CT molecular complexity index is 192. The number of alkyl halides is 1. The summed E-state index contributed by atoms with van der Waals surface area (Å²) in [4.78, 5) is 3.93. The van der Waals surface area contributed by atoms with E-state index in [1.54, 1.807) is 6.20 Å². The first kappa shape index (κ1) is 12.0. The summed E-state index contributed by atoms with van der Waals surface area (Å²) in [5, 5.41) is 0.890. The van der Waals surface area contributed by atoms with Crippen molar-refractivity contribution in [2.45, 2.75) is 5.33 Å². The molecule has 1 N–H and O–H groups in total. The molecule has 6 heteroatoms. The Balaban J connectivity index is 0.000000261. The number of hydrogen-bond donors (Lipinski definition) is 1. The fraction of sp³-hybridized carbons (Fsp3) is 0.167. The molecule has 1 aromatic heterocycles. The lowest BCUT2D eigenvalue weighted by molar-refractivity contribution is -1.63. The number of aromatic nitrogens is 1. The second-order valence-corrected chi connectivity index (χ2v) is 3.10.